The number of aryl methyl sites for hydroxylation is 2. The van der Waals surface area contributed by atoms with Gasteiger partial charge in [0, 0.05) is 9.75 Å². The van der Waals surface area contributed by atoms with E-state index in [4.69, 9.17) is 0 Å². The molecule has 2 aromatic rings. The van der Waals surface area contributed by atoms with Gasteiger partial charge in [-0.2, -0.15) is 0 Å². The maximum atomic E-state index is 4.60. The summed E-state index contributed by atoms with van der Waals surface area (Å²) in [4.78, 5) is 7.23. The molecule has 2 aromatic heterocycles. The van der Waals surface area contributed by atoms with Crippen LogP contribution in [-0.2, 0) is 0 Å². The lowest BCUT2D eigenvalue weighted by Gasteiger charge is -2.10. The third-order valence-electron chi connectivity index (χ3n) is 2.41. The lowest BCUT2D eigenvalue weighted by Crippen LogP contribution is -2.16. The molecule has 0 fully saturated rings. The summed E-state index contributed by atoms with van der Waals surface area (Å²) in [5.74, 6) is 0. The molecule has 15 heavy (non-hydrogen) atoms. The topological polar surface area (TPSA) is 24.9 Å². The van der Waals surface area contributed by atoms with Gasteiger partial charge in [0.05, 0.1) is 11.7 Å². The normalized spacial score (nSPS) is 13.0. The molecule has 0 bridgehead atoms. The van der Waals surface area contributed by atoms with Crippen LogP contribution in [0, 0.1) is 13.8 Å². The first-order valence-electron chi connectivity index (χ1n) is 4.87. The van der Waals surface area contributed by atoms with Crippen LogP contribution in [0.3, 0.4) is 0 Å². The Labute approximate surface area is 98.0 Å². The highest BCUT2D eigenvalue weighted by molar-refractivity contribution is 7.12. The van der Waals surface area contributed by atoms with E-state index in [0.717, 1.165) is 10.7 Å². The van der Waals surface area contributed by atoms with Crippen molar-refractivity contribution in [1.82, 2.24) is 10.3 Å². The minimum atomic E-state index is 0.252. The van der Waals surface area contributed by atoms with Gasteiger partial charge in [-0.25, -0.2) is 4.98 Å². The number of nitrogens with one attached hydrogen (secondary N) is 1. The van der Waals surface area contributed by atoms with Gasteiger partial charge >= 0.3 is 0 Å². The van der Waals surface area contributed by atoms with Crippen molar-refractivity contribution in [3.8, 4) is 0 Å². The van der Waals surface area contributed by atoms with Crippen LogP contribution < -0.4 is 5.32 Å². The van der Waals surface area contributed by atoms with Gasteiger partial charge in [0.25, 0.3) is 0 Å². The number of rotatable bonds is 3. The molecule has 1 atom stereocenters. The Balaban J connectivity index is 2.35. The van der Waals surface area contributed by atoms with Crippen LogP contribution in [0.1, 0.15) is 26.5 Å². The van der Waals surface area contributed by atoms with Gasteiger partial charge in [-0.15, -0.1) is 22.7 Å². The molecule has 0 aliphatic rings. The van der Waals surface area contributed by atoms with Crippen LogP contribution in [0.5, 0.6) is 0 Å². The van der Waals surface area contributed by atoms with E-state index in [9.17, 15) is 0 Å². The molecule has 0 spiro atoms. The first kappa shape index (κ1) is 10.8. The van der Waals surface area contributed by atoms with Crippen molar-refractivity contribution in [1.29, 1.82) is 0 Å². The molecule has 2 rings (SSSR count). The summed E-state index contributed by atoms with van der Waals surface area (Å²) in [6, 6.07) is 4.48. The molecule has 80 valence electrons. The van der Waals surface area contributed by atoms with Crippen molar-refractivity contribution in [2.75, 3.05) is 7.05 Å². The minimum absolute atomic E-state index is 0.252. The molecule has 0 aromatic carbocycles. The molecule has 2 nitrogen and oxygen atoms in total. The van der Waals surface area contributed by atoms with Crippen LogP contribution in [0.4, 0.5) is 0 Å². The second kappa shape index (κ2) is 4.43. The molecule has 0 amide bonds. The first-order chi connectivity index (χ1) is 7.22. The Morgan fingerprint density at radius 2 is 2.20 bits per heavy atom. The van der Waals surface area contributed by atoms with Crippen LogP contribution in [-0.4, -0.2) is 12.0 Å². The second-order valence-electron chi connectivity index (χ2n) is 3.43. The average Bonchev–Trinajstić information content (AvgIpc) is 2.80. The summed E-state index contributed by atoms with van der Waals surface area (Å²) in [6.07, 6.45) is 0. The van der Waals surface area contributed by atoms with Crippen molar-refractivity contribution in [2.45, 2.75) is 19.9 Å². The quantitative estimate of drug-likeness (QED) is 0.888. The van der Waals surface area contributed by atoms with E-state index in [0.29, 0.717) is 0 Å². The number of hydrogen-bond acceptors (Lipinski definition) is 4. The fourth-order valence-corrected chi connectivity index (χ4v) is 3.43. The highest BCUT2D eigenvalue weighted by Crippen LogP contribution is 2.29. The Bertz CT molecular complexity index is 412. The molecule has 0 saturated carbocycles. The van der Waals surface area contributed by atoms with E-state index < -0.39 is 0 Å². The summed E-state index contributed by atoms with van der Waals surface area (Å²) < 4.78 is 0. The zero-order valence-corrected chi connectivity index (χ0v) is 10.7. The lowest BCUT2D eigenvalue weighted by molar-refractivity contribution is 0.696. The molecule has 2 heterocycles. The van der Waals surface area contributed by atoms with Crippen LogP contribution >= 0.6 is 22.7 Å². The summed E-state index contributed by atoms with van der Waals surface area (Å²) in [5, 5.41) is 6.59. The van der Waals surface area contributed by atoms with Crippen LogP contribution in [0.15, 0.2) is 17.5 Å². The number of hydrogen-bond donors (Lipinski definition) is 1. The van der Waals surface area contributed by atoms with Crippen LogP contribution in [0.2, 0.25) is 0 Å². The van der Waals surface area contributed by atoms with Crippen molar-refractivity contribution in [3.63, 3.8) is 0 Å². The third-order valence-corrected chi connectivity index (χ3v) is 4.48. The SMILES string of the molecule is CNC(c1cccs1)c1nc(C)c(C)s1. The highest BCUT2D eigenvalue weighted by atomic mass is 32.1. The minimum Gasteiger partial charge on any atom is -0.307 e. The molecular formula is C11H14N2S2. The van der Waals surface area contributed by atoms with E-state index >= 15 is 0 Å². The van der Waals surface area contributed by atoms with Gasteiger partial charge in [-0.3, -0.25) is 0 Å². The maximum Gasteiger partial charge on any atom is 0.115 e. The Morgan fingerprint density at radius 3 is 2.67 bits per heavy atom. The standard InChI is InChI=1S/C11H14N2S2/c1-7-8(2)15-11(13-7)10(12-3)9-5-4-6-14-9/h4-6,10,12H,1-3H3. The zero-order valence-electron chi connectivity index (χ0n) is 9.07. The number of thiophene rings is 1. The van der Waals surface area contributed by atoms with Crippen molar-refractivity contribution >= 4 is 22.7 Å². The van der Waals surface area contributed by atoms with Gasteiger partial charge in [-0.1, -0.05) is 6.07 Å². The molecule has 1 unspecified atom stereocenters. The van der Waals surface area contributed by atoms with E-state index in [-0.39, 0.29) is 6.04 Å². The van der Waals surface area contributed by atoms with Crippen molar-refractivity contribution < 1.29 is 0 Å². The molecule has 0 aliphatic carbocycles. The highest BCUT2D eigenvalue weighted by Gasteiger charge is 2.17. The monoisotopic (exact) mass is 238 g/mol. The van der Waals surface area contributed by atoms with Gasteiger partial charge in [0.1, 0.15) is 5.01 Å². The molecule has 0 aliphatic heterocycles. The summed E-state index contributed by atoms with van der Waals surface area (Å²) >= 11 is 3.55. The Morgan fingerprint density at radius 1 is 1.40 bits per heavy atom. The smallest absolute Gasteiger partial charge is 0.115 e. The zero-order chi connectivity index (χ0) is 10.8. The largest absolute Gasteiger partial charge is 0.307 e. The lowest BCUT2D eigenvalue weighted by atomic mass is 10.2. The molecule has 0 radical (unpaired) electrons. The van der Waals surface area contributed by atoms with E-state index in [1.54, 1.807) is 22.7 Å². The summed E-state index contributed by atoms with van der Waals surface area (Å²) in [6.45, 7) is 4.19. The van der Waals surface area contributed by atoms with Crippen molar-refractivity contribution in [3.05, 3.63) is 38.0 Å². The second-order valence-corrected chi connectivity index (χ2v) is 5.64. The fraction of sp³-hybridized carbons (Fsp3) is 0.364. The summed E-state index contributed by atoms with van der Waals surface area (Å²) in [5.41, 5.74) is 1.15. The predicted molar refractivity (Wildman–Crippen MR) is 66.8 cm³/mol. The molecule has 4 heteroatoms. The average molecular weight is 238 g/mol. The molecular weight excluding hydrogens is 224 g/mol. The Kier molecular flexibility index (Phi) is 3.19. The first-order valence-corrected chi connectivity index (χ1v) is 6.56. The van der Waals surface area contributed by atoms with Gasteiger partial charge < -0.3 is 5.32 Å². The number of aromatic nitrogens is 1. The number of thiazole rings is 1. The van der Waals surface area contributed by atoms with Gasteiger partial charge in [0.2, 0.25) is 0 Å². The molecule has 0 saturated heterocycles. The number of nitrogens with zero attached hydrogens (tertiary/aromatic N) is 1. The maximum absolute atomic E-state index is 4.60. The van der Waals surface area contributed by atoms with Gasteiger partial charge in [-0.05, 0) is 32.3 Å². The predicted octanol–water partition coefficient (Wildman–Crippen LogP) is 3.13. The Hall–Kier alpha value is -0.710. The van der Waals surface area contributed by atoms with E-state index in [1.807, 2.05) is 7.05 Å². The van der Waals surface area contributed by atoms with E-state index in [2.05, 4.69) is 41.7 Å². The van der Waals surface area contributed by atoms with Crippen LogP contribution in [0.25, 0.3) is 0 Å². The van der Waals surface area contributed by atoms with Crippen molar-refractivity contribution in [2.24, 2.45) is 0 Å². The fourth-order valence-electron chi connectivity index (χ4n) is 1.46. The summed E-state index contributed by atoms with van der Waals surface area (Å²) in [7, 11) is 1.98. The van der Waals surface area contributed by atoms with Gasteiger partial charge in [0.15, 0.2) is 0 Å². The van der Waals surface area contributed by atoms with E-state index in [1.165, 1.54) is 9.75 Å². The molecule has 1 N–H and O–H groups in total. The third kappa shape index (κ3) is 2.12.